The van der Waals surface area contributed by atoms with Crippen molar-refractivity contribution < 1.29 is 10.2 Å². The van der Waals surface area contributed by atoms with E-state index in [1.54, 1.807) is 18.2 Å². The van der Waals surface area contributed by atoms with E-state index in [1.165, 1.54) is 0 Å². The Hall–Kier alpha value is -2.22. The van der Waals surface area contributed by atoms with Crippen LogP contribution in [0.2, 0.25) is 0 Å². The number of hydrogen-bond donors (Lipinski definition) is 2. The number of phenolic OH excluding ortho intramolecular Hbond substituents is 2. The molecule has 0 unspecified atom stereocenters. The van der Waals surface area contributed by atoms with Gasteiger partial charge in [0.15, 0.2) is 0 Å². The van der Waals surface area contributed by atoms with Gasteiger partial charge in [-0.3, -0.25) is 0 Å². The van der Waals surface area contributed by atoms with Crippen LogP contribution < -0.4 is 0 Å². The molecule has 0 spiro atoms. The van der Waals surface area contributed by atoms with Gasteiger partial charge in [0.1, 0.15) is 11.5 Å². The zero-order valence-corrected chi connectivity index (χ0v) is 9.38. The van der Waals surface area contributed by atoms with Crippen molar-refractivity contribution in [3.05, 3.63) is 65.7 Å². The van der Waals surface area contributed by atoms with Crippen LogP contribution in [0.1, 0.15) is 11.1 Å². The molecule has 2 nitrogen and oxygen atoms in total. The average molecular weight is 226 g/mol. The molecule has 0 aromatic heterocycles. The maximum Gasteiger partial charge on any atom is 0.122 e. The predicted octanol–water partition coefficient (Wildman–Crippen LogP) is 3.35. The summed E-state index contributed by atoms with van der Waals surface area (Å²) in [7, 11) is 0. The maximum atomic E-state index is 9.59. The van der Waals surface area contributed by atoms with Gasteiger partial charge in [0.05, 0.1) is 0 Å². The van der Waals surface area contributed by atoms with Gasteiger partial charge in [-0.1, -0.05) is 48.6 Å². The highest BCUT2D eigenvalue weighted by molar-refractivity contribution is 5.51. The number of phenols is 2. The summed E-state index contributed by atoms with van der Waals surface area (Å²) in [5.74, 6) is 0.255. The van der Waals surface area contributed by atoms with Crippen molar-refractivity contribution in [1.82, 2.24) is 0 Å². The first kappa shape index (κ1) is 11.3. The molecule has 86 valence electrons. The lowest BCUT2D eigenvalue weighted by molar-refractivity contribution is 0.441. The Morgan fingerprint density at radius 2 is 1.47 bits per heavy atom. The van der Waals surface area contributed by atoms with Gasteiger partial charge in [0.25, 0.3) is 0 Å². The molecule has 0 aliphatic carbocycles. The van der Waals surface area contributed by atoms with Gasteiger partial charge < -0.3 is 10.2 Å². The van der Waals surface area contributed by atoms with Gasteiger partial charge in [-0.25, -0.2) is 0 Å². The third kappa shape index (κ3) is 2.88. The second-order valence-corrected chi connectivity index (χ2v) is 3.79. The molecule has 0 aliphatic heterocycles. The maximum absolute atomic E-state index is 9.59. The molecule has 0 saturated heterocycles. The molecule has 2 aromatic carbocycles. The van der Waals surface area contributed by atoms with Gasteiger partial charge >= 0.3 is 0 Å². The fourth-order valence-electron chi connectivity index (χ4n) is 1.65. The molecule has 0 atom stereocenters. The van der Waals surface area contributed by atoms with E-state index in [0.29, 0.717) is 12.0 Å². The van der Waals surface area contributed by atoms with Crippen molar-refractivity contribution in [2.75, 3.05) is 0 Å². The third-order valence-corrected chi connectivity index (χ3v) is 2.56. The molecule has 0 heterocycles. The highest BCUT2D eigenvalue weighted by Gasteiger charge is 2.03. The van der Waals surface area contributed by atoms with Gasteiger partial charge in [0, 0.05) is 5.56 Å². The van der Waals surface area contributed by atoms with E-state index < -0.39 is 0 Å². The minimum Gasteiger partial charge on any atom is -0.508 e. The predicted molar refractivity (Wildman–Crippen MR) is 69.0 cm³/mol. The number of rotatable bonds is 3. The van der Waals surface area contributed by atoms with E-state index in [-0.39, 0.29) is 11.5 Å². The fourth-order valence-corrected chi connectivity index (χ4v) is 1.65. The van der Waals surface area contributed by atoms with E-state index in [4.69, 9.17) is 0 Å². The average Bonchev–Trinajstić information content (AvgIpc) is 2.34. The van der Waals surface area contributed by atoms with Crippen molar-refractivity contribution in [2.24, 2.45) is 0 Å². The van der Waals surface area contributed by atoms with Gasteiger partial charge in [-0.15, -0.1) is 0 Å². The lowest BCUT2D eigenvalue weighted by Crippen LogP contribution is -1.83. The Morgan fingerprint density at radius 3 is 2.12 bits per heavy atom. The molecule has 2 aromatic rings. The molecular formula is C15H14O2. The Balaban J connectivity index is 2.10. The molecule has 2 heteroatoms. The van der Waals surface area contributed by atoms with E-state index in [0.717, 1.165) is 5.56 Å². The Bertz CT molecular complexity index is 495. The van der Waals surface area contributed by atoms with Gasteiger partial charge in [-0.05, 0) is 24.1 Å². The van der Waals surface area contributed by atoms with E-state index in [9.17, 15) is 10.2 Å². The first-order valence-electron chi connectivity index (χ1n) is 5.49. The van der Waals surface area contributed by atoms with Crippen molar-refractivity contribution >= 4 is 6.08 Å². The minimum atomic E-state index is 0.128. The molecule has 0 saturated carbocycles. The Kier molecular flexibility index (Phi) is 3.46. The SMILES string of the molecule is Oc1cccc(O)c1C/C=C/c1ccccc1. The number of benzene rings is 2. The fraction of sp³-hybridized carbons (Fsp3) is 0.0667. The van der Waals surface area contributed by atoms with Crippen LogP contribution in [0.3, 0.4) is 0 Å². The molecule has 0 fully saturated rings. The van der Waals surface area contributed by atoms with Crippen LogP contribution in [0.25, 0.3) is 6.08 Å². The van der Waals surface area contributed by atoms with Crippen molar-refractivity contribution in [1.29, 1.82) is 0 Å². The molecule has 17 heavy (non-hydrogen) atoms. The zero-order chi connectivity index (χ0) is 12.1. The Morgan fingerprint density at radius 1 is 0.824 bits per heavy atom. The van der Waals surface area contributed by atoms with Crippen molar-refractivity contribution in [3.63, 3.8) is 0 Å². The first-order valence-corrected chi connectivity index (χ1v) is 5.49. The monoisotopic (exact) mass is 226 g/mol. The summed E-state index contributed by atoms with van der Waals surface area (Å²) in [5.41, 5.74) is 1.65. The summed E-state index contributed by atoms with van der Waals surface area (Å²) in [5, 5.41) is 19.2. The lowest BCUT2D eigenvalue weighted by atomic mass is 10.1. The summed E-state index contributed by atoms with van der Waals surface area (Å²) in [4.78, 5) is 0. The van der Waals surface area contributed by atoms with Crippen LogP contribution in [-0.2, 0) is 6.42 Å². The second-order valence-electron chi connectivity index (χ2n) is 3.79. The standard InChI is InChI=1S/C15H14O2/c16-14-10-5-11-15(17)13(14)9-4-8-12-6-2-1-3-7-12/h1-8,10-11,16-17H,9H2/b8-4+. The quantitative estimate of drug-likeness (QED) is 0.842. The molecule has 0 bridgehead atoms. The first-order chi connectivity index (χ1) is 8.27. The molecule has 2 rings (SSSR count). The number of aromatic hydroxyl groups is 2. The third-order valence-electron chi connectivity index (χ3n) is 2.56. The summed E-state index contributed by atoms with van der Waals surface area (Å²) in [6.07, 6.45) is 4.39. The normalized spacial score (nSPS) is 10.8. The molecule has 0 aliphatic rings. The van der Waals surface area contributed by atoms with Crippen LogP contribution in [-0.4, -0.2) is 10.2 Å². The molecule has 0 amide bonds. The summed E-state index contributed by atoms with van der Waals surface area (Å²) >= 11 is 0. The topological polar surface area (TPSA) is 40.5 Å². The molecule has 0 radical (unpaired) electrons. The minimum absolute atomic E-state index is 0.128. The lowest BCUT2D eigenvalue weighted by Gasteiger charge is -2.03. The molecular weight excluding hydrogens is 212 g/mol. The summed E-state index contributed by atoms with van der Waals surface area (Å²) in [6, 6.07) is 14.7. The van der Waals surface area contributed by atoms with Crippen LogP contribution in [0.4, 0.5) is 0 Å². The van der Waals surface area contributed by atoms with Crippen LogP contribution in [0, 0.1) is 0 Å². The van der Waals surface area contributed by atoms with Crippen LogP contribution in [0.15, 0.2) is 54.6 Å². The van der Waals surface area contributed by atoms with E-state index >= 15 is 0 Å². The van der Waals surface area contributed by atoms with Crippen molar-refractivity contribution in [2.45, 2.75) is 6.42 Å². The summed E-state index contributed by atoms with van der Waals surface area (Å²) < 4.78 is 0. The zero-order valence-electron chi connectivity index (χ0n) is 9.38. The second kappa shape index (κ2) is 5.21. The smallest absolute Gasteiger partial charge is 0.122 e. The van der Waals surface area contributed by atoms with Crippen LogP contribution >= 0.6 is 0 Å². The number of allylic oxidation sites excluding steroid dienone is 1. The van der Waals surface area contributed by atoms with Crippen molar-refractivity contribution in [3.8, 4) is 11.5 Å². The highest BCUT2D eigenvalue weighted by atomic mass is 16.3. The van der Waals surface area contributed by atoms with Crippen LogP contribution in [0.5, 0.6) is 11.5 Å². The van der Waals surface area contributed by atoms with E-state index in [2.05, 4.69) is 0 Å². The highest BCUT2D eigenvalue weighted by Crippen LogP contribution is 2.26. The largest absolute Gasteiger partial charge is 0.508 e. The summed E-state index contributed by atoms with van der Waals surface area (Å²) in [6.45, 7) is 0. The Labute approximate surface area is 100 Å². The van der Waals surface area contributed by atoms with Gasteiger partial charge in [-0.2, -0.15) is 0 Å². The van der Waals surface area contributed by atoms with E-state index in [1.807, 2.05) is 42.5 Å². The number of hydrogen-bond acceptors (Lipinski definition) is 2. The molecule has 2 N–H and O–H groups in total. The van der Waals surface area contributed by atoms with Gasteiger partial charge in [0.2, 0.25) is 0 Å².